The Hall–Kier alpha value is -2.48. The van der Waals surface area contributed by atoms with E-state index in [0.29, 0.717) is 37.8 Å². The summed E-state index contributed by atoms with van der Waals surface area (Å²) in [5, 5.41) is 8.88. The summed E-state index contributed by atoms with van der Waals surface area (Å²) < 4.78 is 20.7. The van der Waals surface area contributed by atoms with Gasteiger partial charge in [0.25, 0.3) is 5.91 Å². The van der Waals surface area contributed by atoms with E-state index in [0.717, 1.165) is 24.6 Å². The molecule has 8 heteroatoms. The number of benzene rings is 1. The molecule has 0 radical (unpaired) electrons. The van der Waals surface area contributed by atoms with Crippen LogP contribution in [0.3, 0.4) is 0 Å². The second-order valence-electron chi connectivity index (χ2n) is 7.49. The fourth-order valence-electron chi connectivity index (χ4n) is 4.01. The Morgan fingerprint density at radius 3 is 2.75 bits per heavy atom. The number of halogens is 1. The van der Waals surface area contributed by atoms with Crippen LogP contribution in [0.25, 0.3) is 0 Å². The Labute approximate surface area is 164 Å². The van der Waals surface area contributed by atoms with Crippen LogP contribution in [0.15, 0.2) is 24.3 Å². The number of nitrogens with zero attached hydrogens (tertiary/aromatic N) is 5. The average Bonchev–Trinajstić information content (AvgIpc) is 2.98. The first-order chi connectivity index (χ1) is 13.6. The van der Waals surface area contributed by atoms with Crippen molar-refractivity contribution >= 4 is 5.91 Å². The maximum absolute atomic E-state index is 13.0. The zero-order valence-corrected chi connectivity index (χ0v) is 16.2. The predicted octanol–water partition coefficient (Wildman–Crippen LogP) is 2.04. The molecule has 0 N–H and O–H groups in total. The number of rotatable bonds is 4. The van der Waals surface area contributed by atoms with E-state index in [4.69, 9.17) is 4.74 Å². The first kappa shape index (κ1) is 18.9. The average molecular weight is 387 g/mol. The number of piperidine rings is 1. The smallest absolute Gasteiger partial charge is 0.260 e. The lowest BCUT2D eigenvalue weighted by Crippen LogP contribution is -2.37. The normalized spacial score (nSPS) is 20.5. The zero-order valence-electron chi connectivity index (χ0n) is 16.2. The number of likely N-dealkylation sites (tertiary alicyclic amines) is 1. The Morgan fingerprint density at radius 2 is 1.96 bits per heavy atom. The van der Waals surface area contributed by atoms with Crippen LogP contribution < -0.4 is 4.74 Å². The molecule has 4 rings (SSSR count). The first-order valence-corrected chi connectivity index (χ1v) is 9.90. The van der Waals surface area contributed by atoms with E-state index < -0.39 is 0 Å². The number of fused-ring (bicyclic) bond motifs is 1. The Balaban J connectivity index is 1.37. The molecule has 3 heterocycles. The zero-order chi connectivity index (χ0) is 19.5. The molecule has 0 unspecified atom stereocenters. The summed E-state index contributed by atoms with van der Waals surface area (Å²) in [6, 6.07) is 6.00. The molecule has 2 aromatic rings. The van der Waals surface area contributed by atoms with Gasteiger partial charge in [-0.1, -0.05) is 6.42 Å². The minimum absolute atomic E-state index is 0.0512. The van der Waals surface area contributed by atoms with Crippen molar-refractivity contribution in [2.75, 3.05) is 33.3 Å². The van der Waals surface area contributed by atoms with Gasteiger partial charge in [-0.3, -0.25) is 9.69 Å². The molecule has 28 heavy (non-hydrogen) atoms. The van der Waals surface area contributed by atoms with E-state index in [1.807, 2.05) is 4.90 Å². The number of amides is 1. The van der Waals surface area contributed by atoms with Gasteiger partial charge in [0.05, 0.1) is 6.04 Å². The third kappa shape index (κ3) is 4.01. The summed E-state index contributed by atoms with van der Waals surface area (Å²) in [5.41, 5.74) is 0. The molecule has 7 nitrogen and oxygen atoms in total. The predicted molar refractivity (Wildman–Crippen MR) is 101 cm³/mol. The van der Waals surface area contributed by atoms with E-state index in [-0.39, 0.29) is 18.3 Å². The van der Waals surface area contributed by atoms with E-state index >= 15 is 0 Å². The minimum Gasteiger partial charge on any atom is -0.484 e. The Morgan fingerprint density at radius 1 is 1.14 bits per heavy atom. The topological polar surface area (TPSA) is 63.5 Å². The van der Waals surface area contributed by atoms with Crippen LogP contribution in [0.4, 0.5) is 4.39 Å². The van der Waals surface area contributed by atoms with Crippen LogP contribution in [0.1, 0.15) is 37.0 Å². The highest BCUT2D eigenvalue weighted by molar-refractivity contribution is 5.77. The lowest BCUT2D eigenvalue weighted by molar-refractivity contribution is -0.133. The molecule has 0 bridgehead atoms. The van der Waals surface area contributed by atoms with Crippen LogP contribution in [-0.2, 0) is 17.8 Å². The lowest BCUT2D eigenvalue weighted by Gasteiger charge is -2.31. The fourth-order valence-corrected chi connectivity index (χ4v) is 4.01. The van der Waals surface area contributed by atoms with Gasteiger partial charge in [-0.2, -0.15) is 0 Å². The van der Waals surface area contributed by atoms with E-state index in [1.165, 1.54) is 37.1 Å². The standard InChI is InChI=1S/C20H26FN5O2/c1-24-10-3-2-4-17(24)20-23-22-18-9-11-25(12-13-26(18)20)19(27)14-28-16-7-5-15(21)6-8-16/h5-8,17H,2-4,9-14H2,1H3/t17-/m0/s1. The van der Waals surface area contributed by atoms with Gasteiger partial charge in [-0.25, -0.2) is 4.39 Å². The van der Waals surface area contributed by atoms with Crippen LogP contribution in [0.5, 0.6) is 5.75 Å². The van der Waals surface area contributed by atoms with Gasteiger partial charge in [0.2, 0.25) is 0 Å². The van der Waals surface area contributed by atoms with Gasteiger partial charge < -0.3 is 14.2 Å². The third-order valence-corrected chi connectivity index (χ3v) is 5.65. The van der Waals surface area contributed by atoms with Gasteiger partial charge >= 0.3 is 0 Å². The van der Waals surface area contributed by atoms with Gasteiger partial charge in [0.15, 0.2) is 6.61 Å². The van der Waals surface area contributed by atoms with Crippen molar-refractivity contribution in [2.24, 2.45) is 0 Å². The summed E-state index contributed by atoms with van der Waals surface area (Å²) in [4.78, 5) is 16.7. The first-order valence-electron chi connectivity index (χ1n) is 9.90. The summed E-state index contributed by atoms with van der Waals surface area (Å²) in [6.45, 7) is 2.94. The lowest BCUT2D eigenvalue weighted by atomic mass is 10.0. The minimum atomic E-state index is -0.325. The maximum Gasteiger partial charge on any atom is 0.260 e. The molecule has 2 aliphatic heterocycles. The molecular weight excluding hydrogens is 361 g/mol. The SMILES string of the molecule is CN1CCCC[C@H]1c1nnc2n1CCN(C(=O)COc1ccc(F)cc1)CC2. The van der Waals surface area contributed by atoms with Crippen molar-refractivity contribution in [3.05, 3.63) is 41.7 Å². The van der Waals surface area contributed by atoms with Gasteiger partial charge in [0.1, 0.15) is 23.2 Å². The second-order valence-corrected chi connectivity index (χ2v) is 7.49. The molecule has 1 aromatic heterocycles. The number of aromatic nitrogens is 3. The largest absolute Gasteiger partial charge is 0.484 e. The molecule has 1 fully saturated rings. The van der Waals surface area contributed by atoms with Crippen molar-refractivity contribution < 1.29 is 13.9 Å². The van der Waals surface area contributed by atoms with Crippen molar-refractivity contribution in [3.8, 4) is 5.75 Å². The summed E-state index contributed by atoms with van der Waals surface area (Å²) in [5.74, 6) is 2.06. The number of ether oxygens (including phenoxy) is 1. The highest BCUT2D eigenvalue weighted by atomic mass is 19.1. The second kappa shape index (κ2) is 8.26. The van der Waals surface area contributed by atoms with Crippen molar-refractivity contribution in [1.29, 1.82) is 0 Å². The molecular formula is C20H26FN5O2. The molecule has 0 spiro atoms. The fraction of sp³-hybridized carbons (Fsp3) is 0.550. The molecule has 2 aliphatic rings. The van der Waals surface area contributed by atoms with E-state index in [2.05, 4.69) is 26.7 Å². The van der Waals surface area contributed by atoms with E-state index in [9.17, 15) is 9.18 Å². The quantitative estimate of drug-likeness (QED) is 0.803. The van der Waals surface area contributed by atoms with Gasteiger partial charge in [0, 0.05) is 26.1 Å². The number of carbonyl (C=O) groups excluding carboxylic acids is 1. The molecule has 1 amide bonds. The summed E-state index contributed by atoms with van der Waals surface area (Å²) >= 11 is 0. The number of carbonyl (C=O) groups is 1. The molecule has 1 saturated heterocycles. The van der Waals surface area contributed by atoms with Crippen molar-refractivity contribution in [1.82, 2.24) is 24.6 Å². The Bertz CT molecular complexity index is 823. The monoisotopic (exact) mass is 387 g/mol. The molecule has 0 aliphatic carbocycles. The number of hydrogen-bond donors (Lipinski definition) is 0. The maximum atomic E-state index is 13.0. The Kier molecular flexibility index (Phi) is 5.57. The highest BCUT2D eigenvalue weighted by Crippen LogP contribution is 2.29. The molecule has 1 aromatic carbocycles. The number of hydrogen-bond acceptors (Lipinski definition) is 5. The summed E-state index contributed by atoms with van der Waals surface area (Å²) in [7, 11) is 2.14. The van der Waals surface area contributed by atoms with Crippen molar-refractivity contribution in [2.45, 2.75) is 38.3 Å². The van der Waals surface area contributed by atoms with Crippen LogP contribution in [0.2, 0.25) is 0 Å². The highest BCUT2D eigenvalue weighted by Gasteiger charge is 2.29. The molecule has 150 valence electrons. The molecule has 0 saturated carbocycles. The van der Waals surface area contributed by atoms with E-state index in [1.54, 1.807) is 0 Å². The van der Waals surface area contributed by atoms with Crippen LogP contribution in [0, 0.1) is 5.82 Å². The summed E-state index contributed by atoms with van der Waals surface area (Å²) in [6.07, 6.45) is 4.22. The molecule has 1 atom stereocenters. The third-order valence-electron chi connectivity index (χ3n) is 5.65. The van der Waals surface area contributed by atoms with Crippen LogP contribution in [-0.4, -0.2) is 63.8 Å². The van der Waals surface area contributed by atoms with Crippen molar-refractivity contribution in [3.63, 3.8) is 0 Å². The van der Waals surface area contributed by atoms with Gasteiger partial charge in [-0.05, 0) is 50.7 Å². The van der Waals surface area contributed by atoms with Crippen LogP contribution >= 0.6 is 0 Å². The van der Waals surface area contributed by atoms with Gasteiger partial charge in [-0.15, -0.1) is 10.2 Å².